The van der Waals surface area contributed by atoms with E-state index in [0.717, 1.165) is 78.6 Å². The van der Waals surface area contributed by atoms with E-state index in [2.05, 4.69) is 32.7 Å². The Labute approximate surface area is 271 Å². The zero-order chi connectivity index (χ0) is 32.7. The Bertz CT molecular complexity index is 1930. The molecule has 8 nitrogen and oxygen atoms in total. The van der Waals surface area contributed by atoms with Gasteiger partial charge in [-0.05, 0) is 117 Å². The predicted octanol–water partition coefficient (Wildman–Crippen LogP) is 7.89. The Morgan fingerprint density at radius 3 is 2.55 bits per heavy atom. The molecule has 7 rings (SSSR count). The highest BCUT2D eigenvalue weighted by molar-refractivity contribution is 5.96. The quantitative estimate of drug-likeness (QED) is 0.180. The number of hydrogen-bond acceptors (Lipinski definition) is 6. The SMILES string of the molecule is C[C@@H](NC(=O)c1ccc(C2CC2)c(-c2ccc3nc(Nc4cnn(C5CCN(C)CC5)c4)ncc3c2)c1)c1cccc(C(F)(F)F)c1. The number of halogens is 3. The van der Waals surface area contributed by atoms with Crippen LogP contribution in [0.4, 0.5) is 24.8 Å². The van der Waals surface area contributed by atoms with Crippen LogP contribution >= 0.6 is 0 Å². The van der Waals surface area contributed by atoms with Crippen molar-refractivity contribution in [3.8, 4) is 11.1 Å². The number of alkyl halides is 3. The van der Waals surface area contributed by atoms with E-state index in [0.29, 0.717) is 29.0 Å². The lowest BCUT2D eigenvalue weighted by Gasteiger charge is -2.28. The monoisotopic (exact) mass is 639 g/mol. The third kappa shape index (κ3) is 6.85. The third-order valence-corrected chi connectivity index (χ3v) is 9.20. The minimum atomic E-state index is -4.45. The number of nitrogens with one attached hydrogen (secondary N) is 2. The number of likely N-dealkylation sites (tertiary alicyclic amines) is 1. The van der Waals surface area contributed by atoms with Gasteiger partial charge in [0.15, 0.2) is 0 Å². The molecule has 5 aromatic rings. The van der Waals surface area contributed by atoms with E-state index in [1.165, 1.54) is 11.6 Å². The maximum Gasteiger partial charge on any atom is 0.416 e. The van der Waals surface area contributed by atoms with Gasteiger partial charge in [0, 0.05) is 23.3 Å². The Morgan fingerprint density at radius 2 is 1.79 bits per heavy atom. The standard InChI is InChI=1S/C36H36F3N7O/c1-22(24-4-3-5-28(17-24)36(37,38)39)42-34(47)26-8-10-31(23-6-7-23)32(18-26)25-9-11-33-27(16-25)19-40-35(44-33)43-29-20-41-46(21-29)30-12-14-45(2)15-13-30/h3-5,8-11,16-23,30H,6-7,12-15H2,1-2H3,(H,42,47)(H,40,43,44)/t22-/m1/s1. The van der Waals surface area contributed by atoms with Crippen LogP contribution in [0.5, 0.6) is 0 Å². The van der Waals surface area contributed by atoms with Crippen molar-refractivity contribution in [1.82, 2.24) is 30.0 Å². The summed E-state index contributed by atoms with van der Waals surface area (Å²) in [6.45, 7) is 3.80. The molecule has 3 aromatic carbocycles. The normalized spacial score (nSPS) is 16.7. The van der Waals surface area contributed by atoms with Crippen LogP contribution in [0.15, 0.2) is 79.3 Å². The molecule has 3 heterocycles. The number of benzene rings is 3. The molecule has 0 radical (unpaired) electrons. The lowest BCUT2D eigenvalue weighted by atomic mass is 9.93. The second-order valence-corrected chi connectivity index (χ2v) is 12.7. The molecule has 1 aliphatic heterocycles. The third-order valence-electron chi connectivity index (χ3n) is 9.20. The molecule has 0 unspecified atom stereocenters. The van der Waals surface area contributed by atoms with Crippen LogP contribution in [0, 0.1) is 0 Å². The van der Waals surface area contributed by atoms with Crippen molar-refractivity contribution >= 4 is 28.4 Å². The van der Waals surface area contributed by atoms with Gasteiger partial charge in [-0.15, -0.1) is 0 Å². The smallest absolute Gasteiger partial charge is 0.346 e. The summed E-state index contributed by atoms with van der Waals surface area (Å²) in [7, 11) is 2.14. The molecule has 11 heteroatoms. The zero-order valence-electron chi connectivity index (χ0n) is 26.3. The number of fused-ring (bicyclic) bond motifs is 1. The average Bonchev–Trinajstić information content (AvgIpc) is 3.82. The van der Waals surface area contributed by atoms with E-state index in [4.69, 9.17) is 4.98 Å². The average molecular weight is 640 g/mol. The summed E-state index contributed by atoms with van der Waals surface area (Å²) in [4.78, 5) is 25.0. The maximum atomic E-state index is 13.3. The molecule has 1 aliphatic carbocycles. The van der Waals surface area contributed by atoms with Gasteiger partial charge in [-0.1, -0.05) is 24.3 Å². The van der Waals surface area contributed by atoms with Crippen LogP contribution < -0.4 is 10.6 Å². The van der Waals surface area contributed by atoms with E-state index in [1.54, 1.807) is 31.5 Å². The molecule has 1 saturated heterocycles. The fourth-order valence-electron chi connectivity index (χ4n) is 6.30. The molecule has 2 aliphatic rings. The minimum absolute atomic E-state index is 0.350. The van der Waals surface area contributed by atoms with Crippen molar-refractivity contribution in [2.24, 2.45) is 0 Å². The number of piperidine rings is 1. The van der Waals surface area contributed by atoms with Crippen molar-refractivity contribution in [3.63, 3.8) is 0 Å². The van der Waals surface area contributed by atoms with Crippen molar-refractivity contribution < 1.29 is 18.0 Å². The summed E-state index contributed by atoms with van der Waals surface area (Å²) in [5.41, 5.74) is 4.79. The molecule has 0 bridgehead atoms. The molecule has 2 fully saturated rings. The first-order valence-electron chi connectivity index (χ1n) is 16.0. The summed E-state index contributed by atoms with van der Waals surface area (Å²) in [6.07, 6.45) is 5.47. The van der Waals surface area contributed by atoms with Crippen molar-refractivity contribution in [1.29, 1.82) is 0 Å². The van der Waals surface area contributed by atoms with Crippen LogP contribution in [0.2, 0.25) is 0 Å². The highest BCUT2D eigenvalue weighted by Crippen LogP contribution is 2.45. The summed E-state index contributed by atoms with van der Waals surface area (Å²) >= 11 is 0. The number of aromatic nitrogens is 4. The van der Waals surface area contributed by atoms with Gasteiger partial charge in [0.05, 0.1) is 35.0 Å². The number of carbonyl (C=O) groups excluding carboxylic acids is 1. The summed E-state index contributed by atoms with van der Waals surface area (Å²) in [5.74, 6) is 0.568. The Hall–Kier alpha value is -4.77. The molecule has 2 N–H and O–H groups in total. The van der Waals surface area contributed by atoms with E-state index < -0.39 is 17.8 Å². The topological polar surface area (TPSA) is 88.0 Å². The lowest BCUT2D eigenvalue weighted by molar-refractivity contribution is -0.137. The number of anilines is 2. The molecule has 2 aromatic heterocycles. The Kier molecular flexibility index (Phi) is 8.17. The van der Waals surface area contributed by atoms with E-state index in [-0.39, 0.29) is 5.91 Å². The number of carbonyl (C=O) groups is 1. The van der Waals surface area contributed by atoms with Gasteiger partial charge in [0.2, 0.25) is 5.95 Å². The van der Waals surface area contributed by atoms with Gasteiger partial charge < -0.3 is 15.5 Å². The van der Waals surface area contributed by atoms with Gasteiger partial charge in [-0.3, -0.25) is 9.48 Å². The largest absolute Gasteiger partial charge is 0.416 e. The molecule has 1 atom stereocenters. The molecular formula is C36H36F3N7O. The fourth-order valence-corrected chi connectivity index (χ4v) is 6.30. The van der Waals surface area contributed by atoms with Crippen LogP contribution in [0.25, 0.3) is 22.0 Å². The van der Waals surface area contributed by atoms with Gasteiger partial charge in [0.25, 0.3) is 5.91 Å². The second kappa shape index (κ2) is 12.4. The van der Waals surface area contributed by atoms with Gasteiger partial charge in [0.1, 0.15) is 0 Å². The van der Waals surface area contributed by atoms with E-state index >= 15 is 0 Å². The molecule has 47 heavy (non-hydrogen) atoms. The minimum Gasteiger partial charge on any atom is -0.346 e. The van der Waals surface area contributed by atoms with Crippen molar-refractivity contribution in [3.05, 3.63) is 102 Å². The summed E-state index contributed by atoms with van der Waals surface area (Å²) in [6, 6.07) is 16.5. The highest BCUT2D eigenvalue weighted by atomic mass is 19.4. The van der Waals surface area contributed by atoms with Crippen LogP contribution in [0.3, 0.4) is 0 Å². The molecule has 1 saturated carbocycles. The van der Waals surface area contributed by atoms with Crippen LogP contribution in [-0.2, 0) is 6.18 Å². The lowest BCUT2D eigenvalue weighted by Crippen LogP contribution is -2.31. The highest BCUT2D eigenvalue weighted by Gasteiger charge is 2.31. The maximum absolute atomic E-state index is 13.3. The number of hydrogen-bond donors (Lipinski definition) is 2. The molecular weight excluding hydrogens is 603 g/mol. The first-order valence-corrected chi connectivity index (χ1v) is 16.0. The van der Waals surface area contributed by atoms with Crippen LogP contribution in [0.1, 0.15) is 77.7 Å². The number of amides is 1. The summed E-state index contributed by atoms with van der Waals surface area (Å²) < 4.78 is 41.8. The summed E-state index contributed by atoms with van der Waals surface area (Å²) in [5, 5.41) is 11.6. The molecule has 0 spiro atoms. The Morgan fingerprint density at radius 1 is 0.979 bits per heavy atom. The predicted molar refractivity (Wildman–Crippen MR) is 176 cm³/mol. The van der Waals surface area contributed by atoms with Crippen molar-refractivity contribution in [2.45, 2.75) is 56.8 Å². The Balaban J connectivity index is 1.09. The van der Waals surface area contributed by atoms with Gasteiger partial charge in [-0.25, -0.2) is 9.97 Å². The molecule has 1 amide bonds. The van der Waals surface area contributed by atoms with Crippen molar-refractivity contribution in [2.75, 3.05) is 25.5 Å². The fraction of sp³-hybridized carbons (Fsp3) is 0.333. The first kappa shape index (κ1) is 30.9. The first-order chi connectivity index (χ1) is 22.6. The number of nitrogens with zero attached hydrogens (tertiary/aromatic N) is 5. The van der Waals surface area contributed by atoms with Crippen LogP contribution in [-0.4, -0.2) is 50.7 Å². The number of rotatable bonds is 8. The zero-order valence-corrected chi connectivity index (χ0v) is 26.3. The van der Waals surface area contributed by atoms with E-state index in [9.17, 15) is 18.0 Å². The second-order valence-electron chi connectivity index (χ2n) is 12.7. The van der Waals surface area contributed by atoms with Gasteiger partial charge in [-0.2, -0.15) is 18.3 Å². The molecule has 242 valence electrons. The van der Waals surface area contributed by atoms with E-state index in [1.807, 2.05) is 41.2 Å². The van der Waals surface area contributed by atoms with Gasteiger partial charge >= 0.3 is 6.18 Å².